The van der Waals surface area contributed by atoms with E-state index in [2.05, 4.69) is 39.5 Å². The highest BCUT2D eigenvalue weighted by molar-refractivity contribution is 4.64. The molecule has 0 bridgehead atoms. The van der Waals surface area contributed by atoms with E-state index >= 15 is 0 Å². The highest BCUT2D eigenvalue weighted by Crippen LogP contribution is 2.02. The third-order valence-electron chi connectivity index (χ3n) is 1.69. The minimum Gasteiger partial charge on any atom is -0.344 e. The Labute approximate surface area is 65.2 Å². The second kappa shape index (κ2) is 5.69. The minimum absolute atomic E-state index is 0. The molecule has 64 valence electrons. The molecule has 2 nitrogen and oxygen atoms in total. The first-order chi connectivity index (χ1) is 4.09. The van der Waals surface area contributed by atoms with E-state index in [1.54, 1.807) is 0 Å². The van der Waals surface area contributed by atoms with E-state index in [4.69, 9.17) is 0 Å². The van der Waals surface area contributed by atoms with Crippen LogP contribution in [-0.4, -0.2) is 23.5 Å². The molecule has 0 saturated carbocycles. The van der Waals surface area contributed by atoms with Gasteiger partial charge in [-0.2, -0.15) is 0 Å². The van der Waals surface area contributed by atoms with Gasteiger partial charge in [0.2, 0.25) is 0 Å². The van der Waals surface area contributed by atoms with E-state index in [1.165, 1.54) is 0 Å². The van der Waals surface area contributed by atoms with E-state index in [0.717, 1.165) is 6.54 Å². The molecular weight excluding hydrogens is 124 g/mol. The maximum atomic E-state index is 2.46. The van der Waals surface area contributed by atoms with Crippen LogP contribution < -0.4 is 6.15 Å². The van der Waals surface area contributed by atoms with Gasteiger partial charge < -0.3 is 6.15 Å². The molecule has 0 radical (unpaired) electrons. The third kappa shape index (κ3) is 3.85. The zero-order valence-electron chi connectivity index (χ0n) is 8.02. The second-order valence-electron chi connectivity index (χ2n) is 3.02. The average molecular weight is 146 g/mol. The molecule has 0 saturated heterocycles. The lowest BCUT2D eigenvalue weighted by atomic mass is 10.2. The Balaban J connectivity index is 0. The fourth-order valence-corrected chi connectivity index (χ4v) is 1.33. The first-order valence-corrected chi connectivity index (χ1v) is 3.85. The lowest BCUT2D eigenvalue weighted by Gasteiger charge is -2.28. The van der Waals surface area contributed by atoms with Crippen molar-refractivity contribution in [1.29, 1.82) is 0 Å². The van der Waals surface area contributed by atoms with E-state index < -0.39 is 0 Å². The molecule has 0 fully saturated rings. The first-order valence-electron chi connectivity index (χ1n) is 3.85. The second-order valence-corrected chi connectivity index (χ2v) is 3.02. The van der Waals surface area contributed by atoms with Crippen LogP contribution in [0.2, 0.25) is 0 Å². The van der Waals surface area contributed by atoms with Gasteiger partial charge in [0.25, 0.3) is 0 Å². The van der Waals surface area contributed by atoms with E-state index in [0.29, 0.717) is 12.1 Å². The van der Waals surface area contributed by atoms with Crippen molar-refractivity contribution in [2.24, 2.45) is 0 Å². The predicted molar refractivity (Wildman–Crippen MR) is 47.7 cm³/mol. The maximum Gasteiger partial charge on any atom is 0.00411 e. The van der Waals surface area contributed by atoms with Gasteiger partial charge in [-0.05, 0) is 34.2 Å². The summed E-state index contributed by atoms with van der Waals surface area (Å²) in [6.45, 7) is 12.3. The molecular formula is C8H22N2. The van der Waals surface area contributed by atoms with Crippen molar-refractivity contribution in [1.82, 2.24) is 11.1 Å². The van der Waals surface area contributed by atoms with Crippen LogP contribution in [0.15, 0.2) is 0 Å². The zero-order valence-corrected chi connectivity index (χ0v) is 8.02. The lowest BCUT2D eigenvalue weighted by Crippen LogP contribution is -2.36. The normalized spacial score (nSPS) is 10.8. The number of hydrogen-bond donors (Lipinski definition) is 1. The molecule has 0 atom stereocenters. The molecule has 10 heavy (non-hydrogen) atoms. The first kappa shape index (κ1) is 12.6. The van der Waals surface area contributed by atoms with Gasteiger partial charge in [-0.3, -0.25) is 4.90 Å². The molecule has 0 amide bonds. The van der Waals surface area contributed by atoms with E-state index in [1.807, 2.05) is 0 Å². The van der Waals surface area contributed by atoms with Crippen LogP contribution >= 0.6 is 0 Å². The van der Waals surface area contributed by atoms with Crippen LogP contribution in [0.25, 0.3) is 0 Å². The smallest absolute Gasteiger partial charge is 0.00411 e. The van der Waals surface area contributed by atoms with Gasteiger partial charge in [-0.15, -0.1) is 0 Å². The fourth-order valence-electron chi connectivity index (χ4n) is 1.33. The molecule has 0 aromatic heterocycles. The van der Waals surface area contributed by atoms with Crippen molar-refractivity contribution in [3.8, 4) is 0 Å². The molecule has 2 heteroatoms. The molecule has 0 unspecified atom stereocenters. The van der Waals surface area contributed by atoms with Gasteiger partial charge in [-0.25, -0.2) is 0 Å². The Bertz CT molecular complexity index is 61.7. The largest absolute Gasteiger partial charge is 0.344 e. The maximum absolute atomic E-state index is 2.46. The summed E-state index contributed by atoms with van der Waals surface area (Å²) in [5.74, 6) is 0. The summed E-state index contributed by atoms with van der Waals surface area (Å²) in [5, 5.41) is 0. The fraction of sp³-hybridized carbons (Fsp3) is 1.00. The molecule has 0 aliphatic carbocycles. The minimum atomic E-state index is 0. The lowest BCUT2D eigenvalue weighted by molar-refractivity contribution is 0.185. The van der Waals surface area contributed by atoms with Crippen LogP contribution in [0.5, 0.6) is 0 Å². The zero-order chi connectivity index (χ0) is 7.44. The number of nitrogens with zero attached hydrogens (tertiary/aromatic N) is 1. The summed E-state index contributed by atoms with van der Waals surface area (Å²) in [5.41, 5.74) is 0. The van der Waals surface area contributed by atoms with Gasteiger partial charge in [0.15, 0.2) is 0 Å². The Hall–Kier alpha value is -0.0800. The standard InChI is InChI=1S/C8H19N.H3N/c1-6-9(7(2)3)8(4)5;/h7-8H,6H2,1-5H3;1H3. The summed E-state index contributed by atoms with van der Waals surface area (Å²) in [6, 6.07) is 1.38. The molecule has 0 aromatic carbocycles. The van der Waals surface area contributed by atoms with Crippen LogP contribution in [0.3, 0.4) is 0 Å². The summed E-state index contributed by atoms with van der Waals surface area (Å²) in [6.07, 6.45) is 0. The Morgan fingerprint density at radius 3 is 1.30 bits per heavy atom. The predicted octanol–water partition coefficient (Wildman–Crippen LogP) is 2.29. The van der Waals surface area contributed by atoms with Crippen molar-refractivity contribution in [2.45, 2.75) is 46.7 Å². The Morgan fingerprint density at radius 2 is 1.30 bits per heavy atom. The van der Waals surface area contributed by atoms with Crippen LogP contribution in [0.4, 0.5) is 0 Å². The van der Waals surface area contributed by atoms with Crippen molar-refractivity contribution >= 4 is 0 Å². The molecule has 0 aliphatic rings. The molecule has 0 rings (SSSR count). The highest BCUT2D eigenvalue weighted by Gasteiger charge is 2.08. The molecule has 3 N–H and O–H groups in total. The van der Waals surface area contributed by atoms with E-state index in [9.17, 15) is 0 Å². The van der Waals surface area contributed by atoms with Gasteiger partial charge in [0, 0.05) is 12.1 Å². The van der Waals surface area contributed by atoms with Crippen LogP contribution in [0.1, 0.15) is 34.6 Å². The van der Waals surface area contributed by atoms with Gasteiger partial charge in [0.1, 0.15) is 0 Å². The molecule has 0 aromatic rings. The average Bonchev–Trinajstić information content (AvgIpc) is 1.64. The van der Waals surface area contributed by atoms with Crippen molar-refractivity contribution in [3.63, 3.8) is 0 Å². The highest BCUT2D eigenvalue weighted by atomic mass is 15.2. The molecule has 0 aliphatic heterocycles. The summed E-state index contributed by atoms with van der Waals surface area (Å²) in [4.78, 5) is 2.46. The van der Waals surface area contributed by atoms with Crippen molar-refractivity contribution in [2.75, 3.05) is 6.54 Å². The summed E-state index contributed by atoms with van der Waals surface area (Å²) in [7, 11) is 0. The topological polar surface area (TPSA) is 38.2 Å². The molecule has 0 spiro atoms. The molecule has 0 heterocycles. The summed E-state index contributed by atoms with van der Waals surface area (Å²) >= 11 is 0. The van der Waals surface area contributed by atoms with Gasteiger partial charge in [-0.1, -0.05) is 6.92 Å². The van der Waals surface area contributed by atoms with Crippen molar-refractivity contribution in [3.05, 3.63) is 0 Å². The summed E-state index contributed by atoms with van der Waals surface area (Å²) < 4.78 is 0. The third-order valence-corrected chi connectivity index (χ3v) is 1.69. The van der Waals surface area contributed by atoms with E-state index in [-0.39, 0.29) is 6.15 Å². The van der Waals surface area contributed by atoms with Gasteiger partial charge >= 0.3 is 0 Å². The Kier molecular flexibility index (Phi) is 7.15. The van der Waals surface area contributed by atoms with Crippen molar-refractivity contribution < 1.29 is 0 Å². The Morgan fingerprint density at radius 1 is 1.00 bits per heavy atom. The SMILES string of the molecule is CCN(C(C)C)C(C)C.N. The van der Waals surface area contributed by atoms with Gasteiger partial charge in [0.05, 0.1) is 0 Å². The quantitative estimate of drug-likeness (QED) is 0.663. The number of hydrogen-bond acceptors (Lipinski definition) is 2. The van der Waals surface area contributed by atoms with Crippen LogP contribution in [0, 0.1) is 0 Å². The monoisotopic (exact) mass is 146 g/mol. The van der Waals surface area contributed by atoms with Crippen LogP contribution in [-0.2, 0) is 0 Å². The number of rotatable bonds is 3.